The molecule has 1 aliphatic rings. The quantitative estimate of drug-likeness (QED) is 0.727. The lowest BCUT2D eigenvalue weighted by Crippen LogP contribution is -2.47. The van der Waals surface area contributed by atoms with Crippen LogP contribution >= 0.6 is 0 Å². The first-order valence-electron chi connectivity index (χ1n) is 9.03. The summed E-state index contributed by atoms with van der Waals surface area (Å²) in [7, 11) is 0. The summed E-state index contributed by atoms with van der Waals surface area (Å²) >= 11 is 0. The number of piperazine rings is 1. The number of rotatable bonds is 7. The summed E-state index contributed by atoms with van der Waals surface area (Å²) in [6, 6.07) is 16.8. The van der Waals surface area contributed by atoms with E-state index >= 15 is 0 Å². The van der Waals surface area contributed by atoms with E-state index in [1.54, 1.807) is 0 Å². The van der Waals surface area contributed by atoms with Gasteiger partial charge in [-0.05, 0) is 30.8 Å². The van der Waals surface area contributed by atoms with Crippen molar-refractivity contribution in [1.82, 2.24) is 9.80 Å². The molecule has 0 saturated carbocycles. The minimum absolute atomic E-state index is 0.0425. The third-order valence-electron chi connectivity index (χ3n) is 4.74. The smallest absolute Gasteiger partial charge is 0.193 e. The van der Waals surface area contributed by atoms with Crippen LogP contribution in [0.4, 0.5) is 0 Å². The van der Waals surface area contributed by atoms with E-state index in [4.69, 9.17) is 4.74 Å². The van der Waals surface area contributed by atoms with Gasteiger partial charge in [-0.3, -0.25) is 9.69 Å². The van der Waals surface area contributed by atoms with Crippen molar-refractivity contribution in [2.45, 2.75) is 6.92 Å². The maximum Gasteiger partial charge on any atom is 0.193 e. The third-order valence-corrected chi connectivity index (χ3v) is 4.74. The van der Waals surface area contributed by atoms with Crippen molar-refractivity contribution in [3.05, 3.63) is 65.7 Å². The van der Waals surface area contributed by atoms with E-state index in [0.29, 0.717) is 17.7 Å². The summed E-state index contributed by atoms with van der Waals surface area (Å²) in [6.45, 7) is 9.49. The molecular weight excluding hydrogens is 312 g/mol. The molecule has 1 fully saturated rings. The molecule has 4 heteroatoms. The number of ether oxygens (including phenoxy) is 1. The first-order chi connectivity index (χ1) is 12.3. The van der Waals surface area contributed by atoms with Gasteiger partial charge in [0.15, 0.2) is 5.78 Å². The van der Waals surface area contributed by atoms with Crippen LogP contribution in [0.15, 0.2) is 54.6 Å². The highest BCUT2D eigenvalue weighted by atomic mass is 16.5. The second kappa shape index (κ2) is 8.79. The van der Waals surface area contributed by atoms with Gasteiger partial charge < -0.3 is 9.64 Å². The lowest BCUT2D eigenvalue weighted by molar-refractivity contribution is 0.103. The first kappa shape index (κ1) is 17.6. The van der Waals surface area contributed by atoms with Crippen LogP contribution in [0, 0.1) is 0 Å². The number of likely N-dealkylation sites (N-methyl/N-ethyl adjacent to an activating group) is 1. The minimum Gasteiger partial charge on any atom is -0.492 e. The van der Waals surface area contributed by atoms with Gasteiger partial charge in [0.05, 0.1) is 0 Å². The molecule has 25 heavy (non-hydrogen) atoms. The van der Waals surface area contributed by atoms with E-state index in [1.807, 2.05) is 54.6 Å². The van der Waals surface area contributed by atoms with E-state index < -0.39 is 0 Å². The molecule has 0 bridgehead atoms. The van der Waals surface area contributed by atoms with Gasteiger partial charge in [-0.25, -0.2) is 0 Å². The lowest BCUT2D eigenvalue weighted by atomic mass is 10.0. The Kier molecular flexibility index (Phi) is 6.20. The molecule has 0 unspecified atom stereocenters. The van der Waals surface area contributed by atoms with Crippen molar-refractivity contribution in [1.29, 1.82) is 0 Å². The Bertz CT molecular complexity index is 662. The molecule has 0 spiro atoms. The number of hydrogen-bond donors (Lipinski definition) is 0. The van der Waals surface area contributed by atoms with E-state index in [9.17, 15) is 4.79 Å². The maximum absolute atomic E-state index is 12.4. The fraction of sp³-hybridized carbons (Fsp3) is 0.381. The zero-order valence-corrected chi connectivity index (χ0v) is 14.9. The molecule has 2 aromatic rings. The minimum atomic E-state index is 0.0425. The second-order valence-corrected chi connectivity index (χ2v) is 6.34. The molecule has 0 N–H and O–H groups in total. The average molecular weight is 338 g/mol. The fourth-order valence-electron chi connectivity index (χ4n) is 3.08. The number of carbonyl (C=O) groups is 1. The summed E-state index contributed by atoms with van der Waals surface area (Å²) in [5.41, 5.74) is 1.40. The van der Waals surface area contributed by atoms with Gasteiger partial charge in [0.25, 0.3) is 0 Å². The SMILES string of the molecule is CCN1CCN(CCOc2ccc(C(=O)c3ccccc3)cc2)CC1. The molecule has 0 radical (unpaired) electrons. The zero-order chi connectivity index (χ0) is 17.5. The van der Waals surface area contributed by atoms with Gasteiger partial charge in [-0.2, -0.15) is 0 Å². The molecule has 132 valence electrons. The van der Waals surface area contributed by atoms with Crippen molar-refractivity contribution >= 4 is 5.78 Å². The molecule has 0 aliphatic carbocycles. The summed E-state index contributed by atoms with van der Waals surface area (Å²) in [5.74, 6) is 0.859. The average Bonchev–Trinajstić information content (AvgIpc) is 2.69. The molecule has 4 nitrogen and oxygen atoms in total. The van der Waals surface area contributed by atoms with Gasteiger partial charge in [-0.1, -0.05) is 37.3 Å². The number of nitrogens with zero attached hydrogens (tertiary/aromatic N) is 2. The normalized spacial score (nSPS) is 15.9. The molecule has 0 atom stereocenters. The highest BCUT2D eigenvalue weighted by Gasteiger charge is 2.15. The van der Waals surface area contributed by atoms with E-state index in [2.05, 4.69) is 16.7 Å². The molecule has 1 heterocycles. The standard InChI is InChI=1S/C21H26N2O2/c1-2-22-12-14-23(15-13-22)16-17-25-20-10-8-19(9-11-20)21(24)18-6-4-3-5-7-18/h3-11H,2,12-17H2,1H3. The van der Waals surface area contributed by atoms with Crippen LogP contribution in [-0.4, -0.2) is 61.5 Å². The molecule has 1 saturated heterocycles. The third kappa shape index (κ3) is 4.91. The summed E-state index contributed by atoms with van der Waals surface area (Å²) in [6.07, 6.45) is 0. The summed E-state index contributed by atoms with van der Waals surface area (Å²) in [4.78, 5) is 17.3. The largest absolute Gasteiger partial charge is 0.492 e. The van der Waals surface area contributed by atoms with Crippen LogP contribution in [0.5, 0.6) is 5.75 Å². The van der Waals surface area contributed by atoms with Crippen molar-refractivity contribution in [3.8, 4) is 5.75 Å². The van der Waals surface area contributed by atoms with Crippen molar-refractivity contribution < 1.29 is 9.53 Å². The topological polar surface area (TPSA) is 32.8 Å². The van der Waals surface area contributed by atoms with Crippen LogP contribution in [0.1, 0.15) is 22.8 Å². The Morgan fingerprint density at radius 2 is 1.48 bits per heavy atom. The van der Waals surface area contributed by atoms with Crippen molar-refractivity contribution in [2.24, 2.45) is 0 Å². The molecule has 0 aromatic heterocycles. The van der Waals surface area contributed by atoms with E-state index in [0.717, 1.165) is 45.0 Å². The van der Waals surface area contributed by atoms with Crippen LogP contribution in [0.2, 0.25) is 0 Å². The van der Waals surface area contributed by atoms with E-state index in [-0.39, 0.29) is 5.78 Å². The predicted molar refractivity (Wildman–Crippen MR) is 100 cm³/mol. The maximum atomic E-state index is 12.4. The van der Waals surface area contributed by atoms with Gasteiger partial charge in [0.1, 0.15) is 12.4 Å². The molecule has 0 amide bonds. The van der Waals surface area contributed by atoms with Gasteiger partial charge in [0, 0.05) is 43.9 Å². The second-order valence-electron chi connectivity index (χ2n) is 6.34. The molecular formula is C21H26N2O2. The van der Waals surface area contributed by atoms with Crippen LogP contribution in [0.3, 0.4) is 0 Å². The summed E-state index contributed by atoms with van der Waals surface area (Å²) < 4.78 is 5.84. The van der Waals surface area contributed by atoms with Crippen LogP contribution in [0.25, 0.3) is 0 Å². The van der Waals surface area contributed by atoms with Crippen LogP contribution in [-0.2, 0) is 0 Å². The predicted octanol–water partition coefficient (Wildman–Crippen LogP) is 2.93. The van der Waals surface area contributed by atoms with E-state index in [1.165, 1.54) is 0 Å². The number of carbonyl (C=O) groups excluding carboxylic acids is 1. The Balaban J connectivity index is 1.46. The Morgan fingerprint density at radius 3 is 2.12 bits per heavy atom. The Labute approximate surface area is 150 Å². The number of ketones is 1. The van der Waals surface area contributed by atoms with Crippen LogP contribution < -0.4 is 4.74 Å². The van der Waals surface area contributed by atoms with Crippen molar-refractivity contribution in [2.75, 3.05) is 45.9 Å². The monoisotopic (exact) mass is 338 g/mol. The number of hydrogen-bond acceptors (Lipinski definition) is 4. The number of benzene rings is 2. The molecule has 1 aliphatic heterocycles. The molecule has 3 rings (SSSR count). The fourth-order valence-corrected chi connectivity index (χ4v) is 3.08. The Morgan fingerprint density at radius 1 is 0.880 bits per heavy atom. The van der Waals surface area contributed by atoms with Gasteiger partial charge in [-0.15, -0.1) is 0 Å². The van der Waals surface area contributed by atoms with Gasteiger partial charge in [0.2, 0.25) is 0 Å². The van der Waals surface area contributed by atoms with Gasteiger partial charge >= 0.3 is 0 Å². The summed E-state index contributed by atoms with van der Waals surface area (Å²) in [5, 5.41) is 0. The highest BCUT2D eigenvalue weighted by Crippen LogP contribution is 2.15. The van der Waals surface area contributed by atoms with Crippen molar-refractivity contribution in [3.63, 3.8) is 0 Å². The molecule has 2 aromatic carbocycles. The Hall–Kier alpha value is -2.17. The first-order valence-corrected chi connectivity index (χ1v) is 9.03. The lowest BCUT2D eigenvalue weighted by Gasteiger charge is -2.33. The zero-order valence-electron chi connectivity index (χ0n) is 14.9. The highest BCUT2D eigenvalue weighted by molar-refractivity contribution is 6.08.